The predicted molar refractivity (Wildman–Crippen MR) is 73.5 cm³/mol. The summed E-state index contributed by atoms with van der Waals surface area (Å²) in [6.07, 6.45) is 1.78. The van der Waals surface area contributed by atoms with Gasteiger partial charge in [0.05, 0.1) is 11.0 Å². The van der Waals surface area contributed by atoms with Crippen LogP contribution in [0.2, 0.25) is 0 Å². The quantitative estimate of drug-likeness (QED) is 0.667. The number of nitrogens with zero attached hydrogens (tertiary/aromatic N) is 1. The number of nitro groups is 1. The first kappa shape index (κ1) is 15.4. The van der Waals surface area contributed by atoms with Crippen LogP contribution < -0.4 is 5.32 Å². The van der Waals surface area contributed by atoms with Crippen molar-refractivity contribution < 1.29 is 18.8 Å². The zero-order chi connectivity index (χ0) is 15.4. The molecule has 1 amide bonds. The van der Waals surface area contributed by atoms with E-state index in [2.05, 4.69) is 5.32 Å². The third-order valence-corrected chi connectivity index (χ3v) is 3.67. The maximum absolute atomic E-state index is 13.2. The number of hydrogen-bond acceptors (Lipinski definition) is 4. The second-order valence-corrected chi connectivity index (χ2v) is 4.99. The Morgan fingerprint density at radius 3 is 3.00 bits per heavy atom. The van der Waals surface area contributed by atoms with E-state index in [-0.39, 0.29) is 17.6 Å². The van der Waals surface area contributed by atoms with Gasteiger partial charge in [0.15, 0.2) is 0 Å². The Kier molecular flexibility index (Phi) is 4.85. The summed E-state index contributed by atoms with van der Waals surface area (Å²) in [7, 11) is 0. The zero-order valence-corrected chi connectivity index (χ0v) is 11.7. The van der Waals surface area contributed by atoms with Gasteiger partial charge in [0.2, 0.25) is 0 Å². The van der Waals surface area contributed by atoms with Crippen LogP contribution >= 0.6 is 0 Å². The zero-order valence-electron chi connectivity index (χ0n) is 11.7. The van der Waals surface area contributed by atoms with E-state index < -0.39 is 22.3 Å². The molecule has 0 aromatic heterocycles. The third-order valence-electron chi connectivity index (χ3n) is 3.67. The highest BCUT2D eigenvalue weighted by molar-refractivity contribution is 5.98. The molecule has 2 rings (SSSR count). The second-order valence-electron chi connectivity index (χ2n) is 4.99. The van der Waals surface area contributed by atoms with Crippen LogP contribution in [0.25, 0.3) is 0 Å². The number of carbonyl (C=O) groups is 1. The van der Waals surface area contributed by atoms with Crippen molar-refractivity contribution in [3.05, 3.63) is 39.7 Å². The lowest BCUT2D eigenvalue weighted by Gasteiger charge is -2.17. The van der Waals surface area contributed by atoms with Crippen molar-refractivity contribution in [1.82, 2.24) is 5.32 Å². The fourth-order valence-electron chi connectivity index (χ4n) is 2.55. The summed E-state index contributed by atoms with van der Waals surface area (Å²) >= 11 is 0. The monoisotopic (exact) mass is 296 g/mol. The predicted octanol–water partition coefficient (Wildman–Crippen LogP) is 2.28. The van der Waals surface area contributed by atoms with Gasteiger partial charge in [0.1, 0.15) is 11.4 Å². The number of carbonyl (C=O) groups excluding carboxylic acids is 1. The van der Waals surface area contributed by atoms with Crippen LogP contribution in [0, 0.1) is 21.8 Å². The number of amides is 1. The summed E-state index contributed by atoms with van der Waals surface area (Å²) < 4.78 is 18.7. The number of nitrogens with one attached hydrogen (secondary N) is 1. The van der Waals surface area contributed by atoms with Crippen LogP contribution in [0.5, 0.6) is 0 Å². The summed E-state index contributed by atoms with van der Waals surface area (Å²) in [4.78, 5) is 22.2. The molecule has 6 nitrogen and oxygen atoms in total. The van der Waals surface area contributed by atoms with Crippen molar-refractivity contribution >= 4 is 11.6 Å². The molecule has 0 radical (unpaired) electrons. The van der Waals surface area contributed by atoms with Gasteiger partial charge in [0, 0.05) is 25.1 Å². The van der Waals surface area contributed by atoms with Gasteiger partial charge in [-0.3, -0.25) is 14.9 Å². The minimum Gasteiger partial charge on any atom is -0.378 e. The lowest BCUT2D eigenvalue weighted by atomic mass is 9.99. The molecular formula is C14H17FN2O4. The first-order valence-electron chi connectivity index (χ1n) is 6.86. The van der Waals surface area contributed by atoms with E-state index in [0.29, 0.717) is 13.2 Å². The van der Waals surface area contributed by atoms with Crippen molar-refractivity contribution in [1.29, 1.82) is 0 Å². The Labute approximate surface area is 121 Å². The minimum atomic E-state index is -0.693. The molecule has 1 fully saturated rings. The first-order chi connectivity index (χ1) is 10.0. The van der Waals surface area contributed by atoms with Crippen molar-refractivity contribution in [2.24, 2.45) is 5.92 Å². The number of benzene rings is 1. The smallest absolute Gasteiger partial charge is 0.282 e. The van der Waals surface area contributed by atoms with Crippen LogP contribution in [0.4, 0.5) is 10.1 Å². The van der Waals surface area contributed by atoms with Crippen LogP contribution in [-0.2, 0) is 4.74 Å². The average Bonchev–Trinajstić information content (AvgIpc) is 2.91. The third kappa shape index (κ3) is 3.55. The standard InChI is InChI=1S/C14H17FN2O4/c1-2-13-9(5-6-21-13)8-16-14(18)11-7-10(15)3-4-12(11)17(19)20/h3-4,7,9,13H,2,5-6,8H2,1H3,(H,16,18). The summed E-state index contributed by atoms with van der Waals surface area (Å²) in [5.74, 6) is -1.13. The SMILES string of the molecule is CCC1OCCC1CNC(=O)c1cc(F)ccc1[N+](=O)[O-]. The van der Waals surface area contributed by atoms with E-state index in [4.69, 9.17) is 4.74 Å². The highest BCUT2D eigenvalue weighted by Crippen LogP contribution is 2.23. The lowest BCUT2D eigenvalue weighted by molar-refractivity contribution is -0.385. The number of hydrogen-bond donors (Lipinski definition) is 1. The molecular weight excluding hydrogens is 279 g/mol. The van der Waals surface area contributed by atoms with Crippen LogP contribution in [0.15, 0.2) is 18.2 Å². The van der Waals surface area contributed by atoms with Gasteiger partial charge in [-0.15, -0.1) is 0 Å². The molecule has 1 N–H and O–H groups in total. The molecule has 0 aliphatic carbocycles. The summed E-state index contributed by atoms with van der Waals surface area (Å²) in [6, 6.07) is 2.85. The van der Waals surface area contributed by atoms with Crippen LogP contribution in [0.1, 0.15) is 30.1 Å². The van der Waals surface area contributed by atoms with Gasteiger partial charge < -0.3 is 10.1 Å². The normalized spacial score (nSPS) is 21.2. The van der Waals surface area contributed by atoms with Gasteiger partial charge >= 0.3 is 0 Å². The molecule has 1 heterocycles. The van der Waals surface area contributed by atoms with Crippen molar-refractivity contribution in [3.63, 3.8) is 0 Å². The number of rotatable bonds is 5. The van der Waals surface area contributed by atoms with Crippen LogP contribution in [-0.4, -0.2) is 30.1 Å². The lowest BCUT2D eigenvalue weighted by Crippen LogP contribution is -2.33. The number of ether oxygens (including phenoxy) is 1. The number of halogens is 1. The molecule has 1 aromatic carbocycles. The van der Waals surface area contributed by atoms with E-state index in [1.165, 1.54) is 0 Å². The molecule has 0 bridgehead atoms. The Morgan fingerprint density at radius 2 is 2.33 bits per heavy atom. The highest BCUT2D eigenvalue weighted by atomic mass is 19.1. The molecule has 7 heteroatoms. The van der Waals surface area contributed by atoms with Crippen molar-refractivity contribution in [2.75, 3.05) is 13.2 Å². The van der Waals surface area contributed by atoms with Gasteiger partial charge in [-0.05, 0) is 25.0 Å². The maximum Gasteiger partial charge on any atom is 0.282 e. The maximum atomic E-state index is 13.2. The summed E-state index contributed by atoms with van der Waals surface area (Å²) in [5, 5.41) is 13.5. The van der Waals surface area contributed by atoms with E-state index in [0.717, 1.165) is 31.0 Å². The van der Waals surface area contributed by atoms with Crippen LogP contribution in [0.3, 0.4) is 0 Å². The van der Waals surface area contributed by atoms with E-state index in [9.17, 15) is 19.3 Å². The molecule has 0 saturated carbocycles. The Morgan fingerprint density at radius 1 is 1.57 bits per heavy atom. The average molecular weight is 296 g/mol. The van der Waals surface area contributed by atoms with Gasteiger partial charge in [-0.2, -0.15) is 0 Å². The highest BCUT2D eigenvalue weighted by Gasteiger charge is 2.28. The molecule has 2 atom stereocenters. The molecule has 1 saturated heterocycles. The molecule has 1 aliphatic rings. The van der Waals surface area contributed by atoms with E-state index in [1.54, 1.807) is 0 Å². The van der Waals surface area contributed by atoms with Gasteiger partial charge in [0.25, 0.3) is 11.6 Å². The van der Waals surface area contributed by atoms with E-state index >= 15 is 0 Å². The molecule has 0 spiro atoms. The fraction of sp³-hybridized carbons (Fsp3) is 0.500. The Balaban J connectivity index is 2.06. The topological polar surface area (TPSA) is 81.5 Å². The second kappa shape index (κ2) is 6.62. The van der Waals surface area contributed by atoms with Crippen molar-refractivity contribution in [2.45, 2.75) is 25.9 Å². The largest absolute Gasteiger partial charge is 0.378 e. The van der Waals surface area contributed by atoms with Gasteiger partial charge in [-0.25, -0.2) is 4.39 Å². The molecule has 114 valence electrons. The summed E-state index contributed by atoms with van der Waals surface area (Å²) in [5.41, 5.74) is -0.657. The number of nitro benzene ring substituents is 1. The minimum absolute atomic E-state index is 0.0906. The van der Waals surface area contributed by atoms with E-state index in [1.807, 2.05) is 6.92 Å². The Bertz CT molecular complexity index is 550. The summed E-state index contributed by atoms with van der Waals surface area (Å²) in [6.45, 7) is 3.02. The molecule has 2 unspecified atom stereocenters. The molecule has 1 aromatic rings. The Hall–Kier alpha value is -2.02. The van der Waals surface area contributed by atoms with Crippen molar-refractivity contribution in [3.8, 4) is 0 Å². The van der Waals surface area contributed by atoms with Gasteiger partial charge in [-0.1, -0.05) is 6.92 Å². The molecule has 21 heavy (non-hydrogen) atoms. The molecule has 1 aliphatic heterocycles. The fourth-order valence-corrected chi connectivity index (χ4v) is 2.55. The first-order valence-corrected chi connectivity index (χ1v) is 6.86.